The van der Waals surface area contributed by atoms with Gasteiger partial charge >= 0.3 is 0 Å². The van der Waals surface area contributed by atoms with E-state index in [1.165, 1.54) is 4.88 Å². The molecule has 2 aromatic heterocycles. The van der Waals surface area contributed by atoms with Crippen molar-refractivity contribution >= 4 is 28.6 Å². The number of ether oxygens (including phenoxy) is 1. The van der Waals surface area contributed by atoms with Crippen LogP contribution >= 0.6 is 22.7 Å². The van der Waals surface area contributed by atoms with E-state index < -0.39 is 0 Å². The SMILES string of the molecule is CNC(=O)Cc1nc(CN(Cc2cccs2)C[C@H]2CCCO2)cs1. The molecule has 0 aliphatic carbocycles. The summed E-state index contributed by atoms with van der Waals surface area (Å²) in [4.78, 5) is 19.9. The summed E-state index contributed by atoms with van der Waals surface area (Å²) in [5.41, 5.74) is 1.04. The normalized spacial score (nSPS) is 17.5. The van der Waals surface area contributed by atoms with Crippen molar-refractivity contribution in [2.75, 3.05) is 20.2 Å². The first kappa shape index (κ1) is 17.5. The minimum atomic E-state index is 0.00528. The van der Waals surface area contributed by atoms with Crippen LogP contribution in [0.4, 0.5) is 0 Å². The number of aromatic nitrogens is 1. The zero-order chi connectivity index (χ0) is 16.8. The highest BCUT2D eigenvalue weighted by Gasteiger charge is 2.20. The average Bonchev–Trinajstić information content (AvgIpc) is 3.31. The Labute approximate surface area is 150 Å². The monoisotopic (exact) mass is 365 g/mol. The maximum absolute atomic E-state index is 11.5. The Hall–Kier alpha value is -1.28. The van der Waals surface area contributed by atoms with Gasteiger partial charge in [0.2, 0.25) is 5.91 Å². The molecule has 0 bridgehead atoms. The Balaban J connectivity index is 1.62. The van der Waals surface area contributed by atoms with E-state index in [2.05, 4.69) is 38.1 Å². The molecule has 0 saturated carbocycles. The van der Waals surface area contributed by atoms with Crippen LogP contribution in [0.5, 0.6) is 0 Å². The molecule has 1 aliphatic rings. The lowest BCUT2D eigenvalue weighted by atomic mass is 10.2. The summed E-state index contributed by atoms with van der Waals surface area (Å²) >= 11 is 3.34. The molecule has 1 saturated heterocycles. The number of hydrogen-bond donors (Lipinski definition) is 1. The number of rotatable bonds is 8. The molecular formula is C17H23N3O2S2. The second-order valence-corrected chi connectivity index (χ2v) is 7.94. The second-order valence-electron chi connectivity index (χ2n) is 5.97. The van der Waals surface area contributed by atoms with E-state index in [-0.39, 0.29) is 5.91 Å². The minimum absolute atomic E-state index is 0.00528. The molecule has 1 amide bonds. The fourth-order valence-electron chi connectivity index (χ4n) is 2.84. The predicted molar refractivity (Wildman–Crippen MR) is 97.3 cm³/mol. The summed E-state index contributed by atoms with van der Waals surface area (Å²) in [7, 11) is 1.65. The smallest absolute Gasteiger partial charge is 0.226 e. The van der Waals surface area contributed by atoms with Gasteiger partial charge in [-0.25, -0.2) is 4.98 Å². The summed E-state index contributed by atoms with van der Waals surface area (Å²) < 4.78 is 5.80. The van der Waals surface area contributed by atoms with Crippen LogP contribution in [0, 0.1) is 0 Å². The quantitative estimate of drug-likeness (QED) is 0.781. The van der Waals surface area contributed by atoms with Gasteiger partial charge in [0.15, 0.2) is 0 Å². The predicted octanol–water partition coefficient (Wildman–Crippen LogP) is 2.67. The summed E-state index contributed by atoms with van der Waals surface area (Å²) in [6, 6.07) is 4.26. The van der Waals surface area contributed by atoms with Gasteiger partial charge in [-0.2, -0.15) is 0 Å². The molecule has 1 N–H and O–H groups in total. The Morgan fingerprint density at radius 1 is 1.46 bits per heavy atom. The van der Waals surface area contributed by atoms with Crippen molar-refractivity contribution < 1.29 is 9.53 Å². The van der Waals surface area contributed by atoms with Crippen molar-refractivity contribution in [3.8, 4) is 0 Å². The van der Waals surface area contributed by atoms with E-state index in [1.54, 1.807) is 29.7 Å². The van der Waals surface area contributed by atoms with Crippen LogP contribution in [0.3, 0.4) is 0 Å². The maximum Gasteiger partial charge on any atom is 0.226 e. The third kappa shape index (κ3) is 5.11. The topological polar surface area (TPSA) is 54.5 Å². The van der Waals surface area contributed by atoms with Crippen LogP contribution in [0.15, 0.2) is 22.9 Å². The summed E-state index contributed by atoms with van der Waals surface area (Å²) in [5.74, 6) is 0.00528. The first-order chi connectivity index (χ1) is 11.7. The molecule has 24 heavy (non-hydrogen) atoms. The van der Waals surface area contributed by atoms with Crippen molar-refractivity contribution in [2.24, 2.45) is 0 Å². The Kier molecular flexibility index (Phi) is 6.37. The van der Waals surface area contributed by atoms with Gasteiger partial charge in [-0.15, -0.1) is 22.7 Å². The molecule has 3 rings (SSSR count). The average molecular weight is 366 g/mol. The Morgan fingerprint density at radius 3 is 3.08 bits per heavy atom. The minimum Gasteiger partial charge on any atom is -0.377 e. The molecule has 0 spiro atoms. The van der Waals surface area contributed by atoms with Crippen molar-refractivity contribution in [3.05, 3.63) is 38.5 Å². The van der Waals surface area contributed by atoms with Gasteiger partial charge in [-0.3, -0.25) is 9.69 Å². The number of carbonyl (C=O) groups excluding carboxylic acids is 1. The van der Waals surface area contributed by atoms with Gasteiger partial charge in [0.1, 0.15) is 5.01 Å². The van der Waals surface area contributed by atoms with Crippen LogP contribution < -0.4 is 5.32 Å². The third-order valence-electron chi connectivity index (χ3n) is 4.02. The Bertz CT molecular complexity index is 636. The van der Waals surface area contributed by atoms with Crippen LogP contribution in [0.1, 0.15) is 28.4 Å². The van der Waals surface area contributed by atoms with Gasteiger partial charge in [-0.05, 0) is 24.3 Å². The highest BCUT2D eigenvalue weighted by atomic mass is 32.1. The number of likely N-dealkylation sites (N-methyl/N-ethyl adjacent to an activating group) is 1. The van der Waals surface area contributed by atoms with E-state index in [0.29, 0.717) is 12.5 Å². The number of amides is 1. The molecule has 1 fully saturated rings. The molecular weight excluding hydrogens is 342 g/mol. The van der Waals surface area contributed by atoms with E-state index in [1.807, 2.05) is 0 Å². The van der Waals surface area contributed by atoms with E-state index in [4.69, 9.17) is 4.74 Å². The van der Waals surface area contributed by atoms with E-state index in [0.717, 1.165) is 49.8 Å². The van der Waals surface area contributed by atoms with Gasteiger partial charge in [0.25, 0.3) is 0 Å². The Morgan fingerprint density at radius 2 is 2.38 bits per heavy atom. The molecule has 1 atom stereocenters. The van der Waals surface area contributed by atoms with Gasteiger partial charge in [-0.1, -0.05) is 6.07 Å². The fourth-order valence-corrected chi connectivity index (χ4v) is 4.37. The number of thiophene rings is 1. The van der Waals surface area contributed by atoms with Gasteiger partial charge in [0.05, 0.1) is 18.2 Å². The van der Waals surface area contributed by atoms with Gasteiger partial charge in [0, 0.05) is 43.5 Å². The largest absolute Gasteiger partial charge is 0.377 e. The lowest BCUT2D eigenvalue weighted by Gasteiger charge is -2.23. The lowest BCUT2D eigenvalue weighted by molar-refractivity contribution is -0.119. The van der Waals surface area contributed by atoms with Crippen LogP contribution in [-0.2, 0) is 29.0 Å². The molecule has 130 valence electrons. The number of thiazole rings is 1. The van der Waals surface area contributed by atoms with Crippen LogP contribution in [-0.4, -0.2) is 42.1 Å². The zero-order valence-electron chi connectivity index (χ0n) is 13.9. The number of nitrogens with one attached hydrogen (secondary N) is 1. The number of hydrogen-bond acceptors (Lipinski definition) is 6. The lowest BCUT2D eigenvalue weighted by Crippen LogP contribution is -2.31. The highest BCUT2D eigenvalue weighted by molar-refractivity contribution is 7.10. The summed E-state index contributed by atoms with van der Waals surface area (Å²) in [5, 5.41) is 7.70. The van der Waals surface area contributed by atoms with Crippen molar-refractivity contribution in [1.29, 1.82) is 0 Å². The molecule has 0 aromatic carbocycles. The van der Waals surface area contributed by atoms with Crippen molar-refractivity contribution in [1.82, 2.24) is 15.2 Å². The molecule has 2 aromatic rings. The first-order valence-electron chi connectivity index (χ1n) is 8.23. The van der Waals surface area contributed by atoms with Crippen LogP contribution in [0.2, 0.25) is 0 Å². The zero-order valence-corrected chi connectivity index (χ0v) is 15.5. The van der Waals surface area contributed by atoms with Gasteiger partial charge < -0.3 is 10.1 Å². The second kappa shape index (κ2) is 8.71. The first-order valence-corrected chi connectivity index (χ1v) is 9.99. The highest BCUT2D eigenvalue weighted by Crippen LogP contribution is 2.20. The van der Waals surface area contributed by atoms with E-state index >= 15 is 0 Å². The maximum atomic E-state index is 11.5. The molecule has 0 unspecified atom stereocenters. The molecule has 1 aliphatic heterocycles. The van der Waals surface area contributed by atoms with Crippen molar-refractivity contribution in [3.63, 3.8) is 0 Å². The third-order valence-corrected chi connectivity index (χ3v) is 5.78. The van der Waals surface area contributed by atoms with Crippen molar-refractivity contribution in [2.45, 2.75) is 38.5 Å². The van der Waals surface area contributed by atoms with Crippen LogP contribution in [0.25, 0.3) is 0 Å². The standard InChI is InChI=1S/C17H23N3O2S2/c1-18-16(21)8-17-19-13(12-24-17)9-20(10-14-4-2-6-22-14)11-15-5-3-7-23-15/h3,5,7,12,14H,2,4,6,8-11H2,1H3,(H,18,21)/t14-/m1/s1. The summed E-state index contributed by atoms with van der Waals surface area (Å²) in [6.45, 7) is 3.52. The number of nitrogens with zero attached hydrogens (tertiary/aromatic N) is 2. The van der Waals surface area contributed by atoms with E-state index in [9.17, 15) is 4.79 Å². The molecule has 5 nitrogen and oxygen atoms in total. The summed E-state index contributed by atoms with van der Waals surface area (Å²) in [6.07, 6.45) is 2.98. The molecule has 0 radical (unpaired) electrons. The molecule has 7 heteroatoms. The number of carbonyl (C=O) groups is 1. The molecule has 3 heterocycles. The fraction of sp³-hybridized carbons (Fsp3) is 0.529.